The lowest BCUT2D eigenvalue weighted by atomic mass is 10.0. The molecule has 29 heavy (non-hydrogen) atoms. The average molecular weight is 388 g/mol. The molecule has 5 rings (SSSR count). The maximum atomic E-state index is 15.0. The van der Waals surface area contributed by atoms with Gasteiger partial charge in [0.25, 0.3) is 0 Å². The third-order valence-corrected chi connectivity index (χ3v) is 5.53. The summed E-state index contributed by atoms with van der Waals surface area (Å²) < 4.78 is 22.5. The number of aromatic nitrogens is 4. The minimum atomic E-state index is -0.337. The zero-order valence-corrected chi connectivity index (χ0v) is 16.2. The number of fused-ring (bicyclic) bond motifs is 1. The van der Waals surface area contributed by atoms with Crippen LogP contribution in [-0.4, -0.2) is 26.9 Å². The number of nitrogens with zero attached hydrogens (tertiary/aromatic N) is 3. The second kappa shape index (κ2) is 7.20. The molecule has 0 saturated heterocycles. The molecule has 1 aliphatic carbocycles. The van der Waals surface area contributed by atoms with E-state index in [0.29, 0.717) is 23.6 Å². The maximum absolute atomic E-state index is 15.0. The SMILES string of the molecule is COc1cccc(F)c1-c1c(-c2ccccc2)ncn1Cc1n[nH]c2c1CCC2. The first-order valence-electron chi connectivity index (χ1n) is 9.74. The smallest absolute Gasteiger partial charge is 0.136 e. The number of aromatic amines is 1. The zero-order chi connectivity index (χ0) is 19.8. The van der Waals surface area contributed by atoms with Crippen molar-refractivity contribution in [2.24, 2.45) is 0 Å². The van der Waals surface area contributed by atoms with Crippen molar-refractivity contribution in [1.82, 2.24) is 19.7 Å². The quantitative estimate of drug-likeness (QED) is 0.543. The lowest BCUT2D eigenvalue weighted by Crippen LogP contribution is -2.05. The predicted molar refractivity (Wildman–Crippen MR) is 109 cm³/mol. The van der Waals surface area contributed by atoms with Crippen LogP contribution < -0.4 is 4.74 Å². The van der Waals surface area contributed by atoms with Crippen LogP contribution in [-0.2, 0) is 19.4 Å². The fraction of sp³-hybridized carbons (Fsp3) is 0.217. The molecular formula is C23H21FN4O. The molecule has 0 saturated carbocycles. The van der Waals surface area contributed by atoms with Crippen LogP contribution in [0.25, 0.3) is 22.5 Å². The van der Waals surface area contributed by atoms with Crippen LogP contribution >= 0.6 is 0 Å². The van der Waals surface area contributed by atoms with Crippen LogP contribution in [0.5, 0.6) is 5.75 Å². The van der Waals surface area contributed by atoms with Gasteiger partial charge in [0.05, 0.1) is 42.6 Å². The molecule has 0 atom stereocenters. The topological polar surface area (TPSA) is 55.7 Å². The Morgan fingerprint density at radius 2 is 1.97 bits per heavy atom. The van der Waals surface area contributed by atoms with E-state index in [2.05, 4.69) is 15.2 Å². The van der Waals surface area contributed by atoms with Gasteiger partial charge in [-0.25, -0.2) is 9.37 Å². The second-order valence-electron chi connectivity index (χ2n) is 7.23. The Hall–Kier alpha value is -3.41. The minimum absolute atomic E-state index is 0.337. The molecule has 2 aromatic carbocycles. The van der Waals surface area contributed by atoms with Crippen LogP contribution in [0, 0.1) is 5.82 Å². The molecule has 4 aromatic rings. The number of methoxy groups -OCH3 is 1. The summed E-state index contributed by atoms with van der Waals surface area (Å²) >= 11 is 0. The Balaban J connectivity index is 1.69. The van der Waals surface area contributed by atoms with E-state index in [1.165, 1.54) is 17.3 Å². The second-order valence-corrected chi connectivity index (χ2v) is 7.23. The molecule has 1 N–H and O–H groups in total. The first-order chi connectivity index (χ1) is 14.3. The molecule has 0 aliphatic heterocycles. The number of ether oxygens (including phenoxy) is 1. The van der Waals surface area contributed by atoms with Gasteiger partial charge in [-0.3, -0.25) is 5.10 Å². The van der Waals surface area contributed by atoms with Gasteiger partial charge < -0.3 is 9.30 Å². The van der Waals surface area contributed by atoms with Crippen molar-refractivity contribution in [2.45, 2.75) is 25.8 Å². The molecule has 0 unspecified atom stereocenters. The maximum Gasteiger partial charge on any atom is 0.136 e. The van der Waals surface area contributed by atoms with Gasteiger partial charge in [-0.05, 0) is 37.0 Å². The van der Waals surface area contributed by atoms with Gasteiger partial charge in [-0.15, -0.1) is 0 Å². The summed E-state index contributed by atoms with van der Waals surface area (Å²) in [4.78, 5) is 4.66. The molecule has 5 nitrogen and oxygen atoms in total. The normalized spacial score (nSPS) is 12.9. The standard InChI is InChI=1S/C23H21FN4O/c1-29-20-12-6-10-17(24)21(20)23-22(15-7-3-2-4-8-15)25-14-28(23)13-19-16-9-5-11-18(16)26-27-19/h2-4,6-8,10,12,14H,5,9,11,13H2,1H3,(H,26,27). The van der Waals surface area contributed by atoms with Gasteiger partial charge in [0.1, 0.15) is 11.6 Å². The van der Waals surface area contributed by atoms with Crippen LogP contribution in [0.4, 0.5) is 4.39 Å². The molecule has 0 radical (unpaired) electrons. The number of H-pyrrole nitrogens is 1. The number of rotatable bonds is 5. The zero-order valence-electron chi connectivity index (χ0n) is 16.2. The van der Waals surface area contributed by atoms with Gasteiger partial charge in [0.15, 0.2) is 0 Å². The fourth-order valence-corrected chi connectivity index (χ4v) is 4.16. The van der Waals surface area contributed by atoms with E-state index in [4.69, 9.17) is 4.74 Å². The summed E-state index contributed by atoms with van der Waals surface area (Å²) in [6.07, 6.45) is 4.97. The van der Waals surface area contributed by atoms with Gasteiger partial charge in [0.2, 0.25) is 0 Å². The Labute approximate surface area is 168 Å². The van der Waals surface area contributed by atoms with E-state index in [-0.39, 0.29) is 5.82 Å². The van der Waals surface area contributed by atoms with E-state index in [1.54, 1.807) is 25.6 Å². The summed E-state index contributed by atoms with van der Waals surface area (Å²) in [5.74, 6) is 0.145. The summed E-state index contributed by atoms with van der Waals surface area (Å²) in [5.41, 5.74) is 6.25. The van der Waals surface area contributed by atoms with Crippen molar-refractivity contribution in [3.8, 4) is 28.3 Å². The van der Waals surface area contributed by atoms with Gasteiger partial charge >= 0.3 is 0 Å². The summed E-state index contributed by atoms with van der Waals surface area (Å²) in [7, 11) is 1.56. The highest BCUT2D eigenvalue weighted by Gasteiger charge is 2.24. The molecule has 2 aromatic heterocycles. The molecular weight excluding hydrogens is 367 g/mol. The number of imidazole rings is 1. The van der Waals surface area contributed by atoms with Crippen molar-refractivity contribution in [1.29, 1.82) is 0 Å². The van der Waals surface area contributed by atoms with Crippen molar-refractivity contribution in [3.05, 3.63) is 77.6 Å². The number of hydrogen-bond donors (Lipinski definition) is 1. The monoisotopic (exact) mass is 388 g/mol. The first-order valence-corrected chi connectivity index (χ1v) is 9.74. The Morgan fingerprint density at radius 1 is 1.10 bits per heavy atom. The van der Waals surface area contributed by atoms with E-state index in [0.717, 1.165) is 36.2 Å². The minimum Gasteiger partial charge on any atom is -0.496 e. The lowest BCUT2D eigenvalue weighted by molar-refractivity contribution is 0.413. The summed E-state index contributed by atoms with van der Waals surface area (Å²) in [6.45, 7) is 0.526. The van der Waals surface area contributed by atoms with Crippen LogP contribution in [0.3, 0.4) is 0 Å². The van der Waals surface area contributed by atoms with E-state index in [1.807, 2.05) is 34.9 Å². The number of aryl methyl sites for hydroxylation is 1. The number of hydrogen-bond acceptors (Lipinski definition) is 3. The molecule has 6 heteroatoms. The Bertz CT molecular complexity index is 1160. The van der Waals surface area contributed by atoms with Crippen molar-refractivity contribution in [3.63, 3.8) is 0 Å². The number of nitrogens with one attached hydrogen (secondary N) is 1. The third-order valence-electron chi connectivity index (χ3n) is 5.53. The van der Waals surface area contributed by atoms with E-state index < -0.39 is 0 Å². The van der Waals surface area contributed by atoms with Crippen LogP contribution in [0.2, 0.25) is 0 Å². The van der Waals surface area contributed by atoms with Gasteiger partial charge in [-0.1, -0.05) is 36.4 Å². The summed E-state index contributed by atoms with van der Waals surface area (Å²) in [5, 5.41) is 7.67. The molecule has 146 valence electrons. The largest absolute Gasteiger partial charge is 0.496 e. The van der Waals surface area contributed by atoms with Crippen molar-refractivity contribution < 1.29 is 9.13 Å². The van der Waals surface area contributed by atoms with E-state index >= 15 is 4.39 Å². The molecule has 0 bridgehead atoms. The Morgan fingerprint density at radius 3 is 2.79 bits per heavy atom. The Kier molecular flexibility index (Phi) is 4.39. The van der Waals surface area contributed by atoms with Gasteiger partial charge in [-0.2, -0.15) is 5.10 Å². The van der Waals surface area contributed by atoms with E-state index in [9.17, 15) is 0 Å². The first kappa shape index (κ1) is 17.7. The predicted octanol–water partition coefficient (Wildman–Crippen LogP) is 4.62. The molecule has 0 amide bonds. The molecule has 0 fully saturated rings. The van der Waals surface area contributed by atoms with Crippen LogP contribution in [0.15, 0.2) is 54.9 Å². The van der Waals surface area contributed by atoms with Crippen molar-refractivity contribution >= 4 is 0 Å². The summed E-state index contributed by atoms with van der Waals surface area (Å²) in [6, 6.07) is 14.7. The molecule has 1 aliphatic rings. The third kappa shape index (κ3) is 3.01. The lowest BCUT2D eigenvalue weighted by Gasteiger charge is -2.14. The molecule has 2 heterocycles. The number of benzene rings is 2. The van der Waals surface area contributed by atoms with Gasteiger partial charge in [0, 0.05) is 11.3 Å². The fourth-order valence-electron chi connectivity index (χ4n) is 4.16. The van der Waals surface area contributed by atoms with Crippen molar-refractivity contribution in [2.75, 3.05) is 7.11 Å². The average Bonchev–Trinajstić information content (AvgIpc) is 3.46. The highest BCUT2D eigenvalue weighted by molar-refractivity contribution is 5.82. The highest BCUT2D eigenvalue weighted by atomic mass is 19.1. The number of halogens is 1. The molecule has 0 spiro atoms. The highest BCUT2D eigenvalue weighted by Crippen LogP contribution is 2.39. The van der Waals surface area contributed by atoms with Crippen LogP contribution in [0.1, 0.15) is 23.4 Å².